The second-order valence-corrected chi connectivity index (χ2v) is 3.55. The highest BCUT2D eigenvalue weighted by atomic mass is 35.5. The molecule has 0 amide bonds. The van der Waals surface area contributed by atoms with Crippen molar-refractivity contribution < 1.29 is 14.7 Å². The lowest BCUT2D eigenvalue weighted by atomic mass is 10.0. The largest absolute Gasteiger partial charge is 0.481 e. The average Bonchev–Trinajstić information content (AvgIpc) is 2.27. The van der Waals surface area contributed by atoms with Crippen molar-refractivity contribution in [2.75, 3.05) is 6.54 Å². The van der Waals surface area contributed by atoms with Gasteiger partial charge in [0.2, 0.25) is 0 Å². The quantitative estimate of drug-likeness (QED) is 0.760. The molecule has 0 unspecified atom stereocenters. The van der Waals surface area contributed by atoms with Crippen molar-refractivity contribution in [2.45, 2.75) is 19.3 Å². The number of Topliss-reactive ketones (excluding diaryl/α,β-unsaturated/α-hetero) is 1. The molecule has 0 saturated carbocycles. The van der Waals surface area contributed by atoms with Crippen molar-refractivity contribution in [3.8, 4) is 0 Å². The molecule has 0 spiro atoms. The predicted octanol–water partition coefficient (Wildman–Crippen LogP) is 1.66. The Balaban J connectivity index is 0.00000256. The molecule has 0 atom stereocenters. The molecule has 0 aromatic heterocycles. The van der Waals surface area contributed by atoms with Crippen molar-refractivity contribution in [1.29, 1.82) is 0 Å². The Kier molecular flexibility index (Phi) is 7.18. The summed E-state index contributed by atoms with van der Waals surface area (Å²) in [6, 6.07) is 7.13. The molecule has 0 aliphatic heterocycles. The number of carbonyl (C=O) groups excluding carboxylic acids is 1. The highest BCUT2D eigenvalue weighted by Gasteiger charge is 2.07. The third-order valence-electron chi connectivity index (χ3n) is 2.27. The zero-order valence-electron chi connectivity index (χ0n) is 9.39. The van der Waals surface area contributed by atoms with Gasteiger partial charge in [-0.1, -0.05) is 24.3 Å². The van der Waals surface area contributed by atoms with Gasteiger partial charge in [-0.05, 0) is 18.5 Å². The topological polar surface area (TPSA) is 80.4 Å². The first kappa shape index (κ1) is 15.6. The standard InChI is InChI=1S/C12H15NO3.ClH/c13-8-7-9-1-3-10(4-2-9)11(14)5-6-12(15)16;/h1-4H,5-8,13H2,(H,15,16);1H. The van der Waals surface area contributed by atoms with E-state index in [2.05, 4.69) is 0 Å². The molecule has 0 saturated heterocycles. The average molecular weight is 258 g/mol. The van der Waals surface area contributed by atoms with Crippen LogP contribution in [0, 0.1) is 0 Å². The summed E-state index contributed by atoms with van der Waals surface area (Å²) < 4.78 is 0. The van der Waals surface area contributed by atoms with E-state index in [1.54, 1.807) is 12.1 Å². The first-order valence-electron chi connectivity index (χ1n) is 5.17. The highest BCUT2D eigenvalue weighted by Crippen LogP contribution is 2.08. The molecule has 3 N–H and O–H groups in total. The fourth-order valence-electron chi connectivity index (χ4n) is 1.39. The molecule has 0 aliphatic rings. The molecular weight excluding hydrogens is 242 g/mol. The fraction of sp³-hybridized carbons (Fsp3) is 0.333. The van der Waals surface area contributed by atoms with Gasteiger partial charge in [-0.25, -0.2) is 0 Å². The van der Waals surface area contributed by atoms with E-state index >= 15 is 0 Å². The zero-order valence-corrected chi connectivity index (χ0v) is 10.2. The van der Waals surface area contributed by atoms with E-state index in [1.807, 2.05) is 12.1 Å². The summed E-state index contributed by atoms with van der Waals surface area (Å²) >= 11 is 0. The number of rotatable bonds is 6. The van der Waals surface area contributed by atoms with Gasteiger partial charge in [0.1, 0.15) is 0 Å². The van der Waals surface area contributed by atoms with E-state index in [0.29, 0.717) is 12.1 Å². The number of carboxylic acids is 1. The van der Waals surface area contributed by atoms with Crippen molar-refractivity contribution in [3.63, 3.8) is 0 Å². The first-order valence-corrected chi connectivity index (χ1v) is 5.17. The number of halogens is 1. The minimum absolute atomic E-state index is 0. The monoisotopic (exact) mass is 257 g/mol. The van der Waals surface area contributed by atoms with Gasteiger partial charge in [0.15, 0.2) is 5.78 Å². The Morgan fingerprint density at radius 1 is 1.12 bits per heavy atom. The van der Waals surface area contributed by atoms with Crippen LogP contribution >= 0.6 is 12.4 Å². The van der Waals surface area contributed by atoms with E-state index in [9.17, 15) is 9.59 Å². The maximum absolute atomic E-state index is 11.5. The molecule has 1 rings (SSSR count). The van der Waals surface area contributed by atoms with Crippen LogP contribution in [0.25, 0.3) is 0 Å². The van der Waals surface area contributed by atoms with Gasteiger partial charge in [0, 0.05) is 12.0 Å². The van der Waals surface area contributed by atoms with Gasteiger partial charge >= 0.3 is 5.97 Å². The normalized spacial score (nSPS) is 9.47. The van der Waals surface area contributed by atoms with Crippen LogP contribution in [0.2, 0.25) is 0 Å². The molecule has 4 nitrogen and oxygen atoms in total. The second-order valence-electron chi connectivity index (χ2n) is 3.55. The number of hydrogen-bond donors (Lipinski definition) is 2. The van der Waals surface area contributed by atoms with Crippen molar-refractivity contribution in [2.24, 2.45) is 5.73 Å². The molecule has 94 valence electrons. The first-order chi connectivity index (χ1) is 7.63. The third-order valence-corrected chi connectivity index (χ3v) is 2.27. The van der Waals surface area contributed by atoms with Gasteiger partial charge in [-0.2, -0.15) is 0 Å². The number of hydrogen-bond acceptors (Lipinski definition) is 3. The lowest BCUT2D eigenvalue weighted by Crippen LogP contribution is -2.05. The molecule has 0 bridgehead atoms. The summed E-state index contributed by atoms with van der Waals surface area (Å²) in [5, 5.41) is 8.46. The van der Waals surface area contributed by atoms with Crippen LogP contribution in [0.5, 0.6) is 0 Å². The van der Waals surface area contributed by atoms with Crippen molar-refractivity contribution in [1.82, 2.24) is 0 Å². The SMILES string of the molecule is Cl.NCCc1ccc(C(=O)CCC(=O)O)cc1. The number of benzene rings is 1. The van der Waals surface area contributed by atoms with Crippen LogP contribution in [0.15, 0.2) is 24.3 Å². The van der Waals surface area contributed by atoms with E-state index in [-0.39, 0.29) is 31.0 Å². The molecule has 0 radical (unpaired) electrons. The van der Waals surface area contributed by atoms with Crippen molar-refractivity contribution >= 4 is 24.2 Å². The van der Waals surface area contributed by atoms with Crippen LogP contribution in [-0.2, 0) is 11.2 Å². The summed E-state index contributed by atoms with van der Waals surface area (Å²) in [5.41, 5.74) is 7.05. The van der Waals surface area contributed by atoms with Crippen molar-refractivity contribution in [3.05, 3.63) is 35.4 Å². The van der Waals surface area contributed by atoms with Crippen LogP contribution < -0.4 is 5.73 Å². The Hall–Kier alpha value is -1.39. The molecule has 5 heteroatoms. The van der Waals surface area contributed by atoms with Gasteiger partial charge in [0.25, 0.3) is 0 Å². The molecular formula is C12H16ClNO3. The predicted molar refractivity (Wildman–Crippen MR) is 67.6 cm³/mol. The summed E-state index contributed by atoms with van der Waals surface area (Å²) in [4.78, 5) is 21.8. The summed E-state index contributed by atoms with van der Waals surface area (Å²) in [7, 11) is 0. The number of nitrogens with two attached hydrogens (primary N) is 1. The zero-order chi connectivity index (χ0) is 12.0. The maximum Gasteiger partial charge on any atom is 0.303 e. The summed E-state index contributed by atoms with van der Waals surface area (Å²) in [6.45, 7) is 0.576. The Morgan fingerprint density at radius 3 is 2.18 bits per heavy atom. The smallest absolute Gasteiger partial charge is 0.303 e. The van der Waals surface area contributed by atoms with Gasteiger partial charge in [0.05, 0.1) is 6.42 Å². The molecule has 1 aromatic rings. The van der Waals surface area contributed by atoms with Crippen LogP contribution in [0.3, 0.4) is 0 Å². The Labute approximate surface area is 106 Å². The van der Waals surface area contributed by atoms with Gasteiger partial charge < -0.3 is 10.8 Å². The maximum atomic E-state index is 11.5. The molecule has 0 aliphatic carbocycles. The highest BCUT2D eigenvalue weighted by molar-refractivity contribution is 5.97. The summed E-state index contributed by atoms with van der Waals surface area (Å²) in [5.74, 6) is -1.09. The van der Waals surface area contributed by atoms with E-state index in [1.165, 1.54) is 0 Å². The van der Waals surface area contributed by atoms with Gasteiger partial charge in [-0.3, -0.25) is 9.59 Å². The second kappa shape index (κ2) is 7.81. The molecule has 0 heterocycles. The Bertz CT molecular complexity index is 376. The number of ketones is 1. The summed E-state index contributed by atoms with van der Waals surface area (Å²) in [6.07, 6.45) is 0.707. The molecule has 1 aromatic carbocycles. The van der Waals surface area contributed by atoms with E-state index < -0.39 is 5.97 Å². The van der Waals surface area contributed by atoms with Crippen LogP contribution in [-0.4, -0.2) is 23.4 Å². The molecule has 0 fully saturated rings. The molecule has 17 heavy (non-hydrogen) atoms. The van der Waals surface area contributed by atoms with E-state index in [0.717, 1.165) is 12.0 Å². The van der Waals surface area contributed by atoms with Crippen LogP contribution in [0.4, 0.5) is 0 Å². The minimum Gasteiger partial charge on any atom is -0.481 e. The fourth-order valence-corrected chi connectivity index (χ4v) is 1.39. The number of aliphatic carboxylic acids is 1. The minimum atomic E-state index is -0.951. The van der Waals surface area contributed by atoms with Crippen LogP contribution in [0.1, 0.15) is 28.8 Å². The lowest BCUT2D eigenvalue weighted by molar-refractivity contribution is -0.136. The third kappa shape index (κ3) is 5.47. The lowest BCUT2D eigenvalue weighted by Gasteiger charge is -2.01. The van der Waals surface area contributed by atoms with E-state index in [4.69, 9.17) is 10.8 Å². The number of carbonyl (C=O) groups is 2. The Morgan fingerprint density at radius 2 is 1.71 bits per heavy atom. The van der Waals surface area contributed by atoms with Gasteiger partial charge in [-0.15, -0.1) is 12.4 Å². The number of carboxylic acid groups (broad SMARTS) is 1.